The number of rotatable bonds is 6. The zero-order valence-corrected chi connectivity index (χ0v) is 18.5. The minimum Gasteiger partial charge on any atom is -0.350 e. The van der Waals surface area contributed by atoms with E-state index in [9.17, 15) is 9.59 Å². The minimum atomic E-state index is -0.288. The van der Waals surface area contributed by atoms with Gasteiger partial charge in [-0.3, -0.25) is 19.1 Å². The summed E-state index contributed by atoms with van der Waals surface area (Å²) < 4.78 is 3.12. The summed E-state index contributed by atoms with van der Waals surface area (Å²) in [6, 6.07) is 19.0. The van der Waals surface area contributed by atoms with Gasteiger partial charge >= 0.3 is 0 Å². The average molecular weight is 451 g/mol. The van der Waals surface area contributed by atoms with Crippen LogP contribution in [-0.2, 0) is 17.9 Å². The van der Waals surface area contributed by atoms with Gasteiger partial charge in [-0.25, -0.2) is 9.67 Å². The SMILES string of the molecule is Cc1cccc2c(=O)n(CC(=O)NCc3cn(-c4ccccc4)nc3-c3ccncc3)cnc12. The van der Waals surface area contributed by atoms with Gasteiger partial charge in [0.25, 0.3) is 5.56 Å². The molecular formula is C26H22N6O2. The maximum absolute atomic E-state index is 12.8. The molecule has 0 aliphatic rings. The number of nitrogens with one attached hydrogen (secondary N) is 1. The molecule has 2 aromatic carbocycles. The first-order valence-electron chi connectivity index (χ1n) is 10.9. The predicted molar refractivity (Wildman–Crippen MR) is 129 cm³/mol. The molecule has 0 aliphatic heterocycles. The van der Waals surface area contributed by atoms with Gasteiger partial charge in [-0.05, 0) is 42.8 Å². The summed E-state index contributed by atoms with van der Waals surface area (Å²) in [5, 5.41) is 8.15. The Bertz CT molecular complexity index is 1520. The van der Waals surface area contributed by atoms with Gasteiger partial charge in [-0.1, -0.05) is 30.3 Å². The van der Waals surface area contributed by atoms with Crippen molar-refractivity contribution in [3.63, 3.8) is 0 Å². The lowest BCUT2D eigenvalue weighted by molar-refractivity contribution is -0.121. The van der Waals surface area contributed by atoms with Gasteiger partial charge in [-0.2, -0.15) is 5.10 Å². The Morgan fingerprint density at radius 3 is 2.59 bits per heavy atom. The van der Waals surface area contributed by atoms with E-state index in [2.05, 4.69) is 15.3 Å². The summed E-state index contributed by atoms with van der Waals surface area (Å²) in [7, 11) is 0. The van der Waals surface area contributed by atoms with E-state index in [0.717, 1.165) is 28.1 Å². The average Bonchev–Trinajstić information content (AvgIpc) is 3.30. The maximum atomic E-state index is 12.8. The van der Waals surface area contributed by atoms with E-state index in [1.54, 1.807) is 23.1 Å². The van der Waals surface area contributed by atoms with E-state index in [4.69, 9.17) is 5.10 Å². The number of aromatic nitrogens is 5. The van der Waals surface area contributed by atoms with Crippen molar-refractivity contribution in [1.82, 2.24) is 29.6 Å². The molecule has 168 valence electrons. The molecule has 0 atom stereocenters. The van der Waals surface area contributed by atoms with Crippen LogP contribution in [0.2, 0.25) is 0 Å². The minimum absolute atomic E-state index is 0.118. The molecule has 1 N–H and O–H groups in total. The van der Waals surface area contributed by atoms with Crippen molar-refractivity contribution in [2.24, 2.45) is 0 Å². The number of hydrogen-bond acceptors (Lipinski definition) is 5. The molecule has 8 heteroatoms. The third-order valence-corrected chi connectivity index (χ3v) is 5.61. The number of para-hydroxylation sites is 2. The molecule has 0 bridgehead atoms. The molecule has 0 aliphatic carbocycles. The van der Waals surface area contributed by atoms with Crippen molar-refractivity contribution >= 4 is 16.8 Å². The van der Waals surface area contributed by atoms with E-state index in [1.807, 2.05) is 67.7 Å². The number of benzene rings is 2. The predicted octanol–water partition coefficient (Wildman–Crippen LogP) is 3.27. The Morgan fingerprint density at radius 2 is 1.79 bits per heavy atom. The first kappa shape index (κ1) is 21.3. The number of hydrogen-bond donors (Lipinski definition) is 1. The molecule has 0 saturated carbocycles. The first-order valence-corrected chi connectivity index (χ1v) is 10.9. The van der Waals surface area contributed by atoms with Gasteiger partial charge in [0, 0.05) is 36.3 Å². The van der Waals surface area contributed by atoms with Crippen LogP contribution in [0.5, 0.6) is 0 Å². The lowest BCUT2D eigenvalue weighted by atomic mass is 10.1. The summed E-state index contributed by atoms with van der Waals surface area (Å²) in [5.74, 6) is -0.288. The number of amides is 1. The standard InChI is InChI=1S/C26H22N6O2/c1-18-6-5-9-22-24(18)29-17-31(26(22)34)16-23(33)28-14-20-15-32(21-7-3-2-4-8-21)30-25(20)19-10-12-27-13-11-19/h2-13,15,17H,14,16H2,1H3,(H,28,33). The van der Waals surface area contributed by atoms with E-state index < -0.39 is 0 Å². The molecular weight excluding hydrogens is 428 g/mol. The lowest BCUT2D eigenvalue weighted by Crippen LogP contribution is -2.32. The van der Waals surface area contributed by atoms with Gasteiger partial charge in [0.1, 0.15) is 6.54 Å². The van der Waals surface area contributed by atoms with Crippen LogP contribution in [0.25, 0.3) is 27.8 Å². The van der Waals surface area contributed by atoms with Crippen LogP contribution in [0.15, 0.2) is 90.4 Å². The molecule has 0 unspecified atom stereocenters. The molecule has 5 rings (SSSR count). The van der Waals surface area contributed by atoms with E-state index in [0.29, 0.717) is 10.9 Å². The van der Waals surface area contributed by atoms with Gasteiger partial charge in [0.05, 0.1) is 28.6 Å². The second-order valence-electron chi connectivity index (χ2n) is 7.94. The first-order chi connectivity index (χ1) is 16.6. The molecule has 1 amide bonds. The number of carbonyl (C=O) groups excluding carboxylic acids is 1. The third-order valence-electron chi connectivity index (χ3n) is 5.61. The fourth-order valence-electron chi connectivity index (χ4n) is 3.86. The highest BCUT2D eigenvalue weighted by molar-refractivity contribution is 5.81. The number of aryl methyl sites for hydroxylation is 1. The second-order valence-corrected chi connectivity index (χ2v) is 7.94. The molecule has 3 heterocycles. The van der Waals surface area contributed by atoms with Gasteiger partial charge < -0.3 is 5.32 Å². The number of pyridine rings is 1. The fraction of sp³-hybridized carbons (Fsp3) is 0.115. The molecule has 3 aromatic heterocycles. The van der Waals surface area contributed by atoms with Crippen LogP contribution in [0.4, 0.5) is 0 Å². The summed E-state index contributed by atoms with van der Waals surface area (Å²) in [6.45, 7) is 2.05. The van der Waals surface area contributed by atoms with Gasteiger partial charge in [0.15, 0.2) is 0 Å². The van der Waals surface area contributed by atoms with Crippen LogP contribution < -0.4 is 10.9 Å². The zero-order valence-electron chi connectivity index (χ0n) is 18.5. The summed E-state index contributed by atoms with van der Waals surface area (Å²) >= 11 is 0. The Labute approximate surface area is 195 Å². The highest BCUT2D eigenvalue weighted by Gasteiger charge is 2.14. The van der Waals surface area contributed by atoms with Crippen molar-refractivity contribution in [1.29, 1.82) is 0 Å². The normalized spacial score (nSPS) is 11.0. The number of fused-ring (bicyclic) bond motifs is 1. The van der Waals surface area contributed by atoms with E-state index in [1.165, 1.54) is 10.9 Å². The largest absolute Gasteiger partial charge is 0.350 e. The molecule has 0 fully saturated rings. The van der Waals surface area contributed by atoms with Crippen molar-refractivity contribution in [2.45, 2.75) is 20.0 Å². The van der Waals surface area contributed by atoms with Crippen LogP contribution in [0, 0.1) is 6.92 Å². The Kier molecular flexibility index (Phi) is 5.70. The topological polar surface area (TPSA) is 94.7 Å². The van der Waals surface area contributed by atoms with Gasteiger partial charge in [-0.15, -0.1) is 0 Å². The van der Waals surface area contributed by atoms with Crippen LogP contribution in [-0.4, -0.2) is 30.2 Å². The Balaban J connectivity index is 1.38. The fourth-order valence-corrected chi connectivity index (χ4v) is 3.86. The van der Waals surface area contributed by atoms with Gasteiger partial charge in [0.2, 0.25) is 5.91 Å². The third kappa shape index (κ3) is 4.21. The summed E-state index contributed by atoms with van der Waals surface area (Å²) in [6.07, 6.45) is 6.74. The van der Waals surface area contributed by atoms with Crippen molar-refractivity contribution in [3.8, 4) is 16.9 Å². The van der Waals surface area contributed by atoms with Crippen molar-refractivity contribution in [3.05, 3.63) is 107 Å². The second kappa shape index (κ2) is 9.11. The maximum Gasteiger partial charge on any atom is 0.261 e. The Morgan fingerprint density at radius 1 is 1.00 bits per heavy atom. The highest BCUT2D eigenvalue weighted by Crippen LogP contribution is 2.23. The van der Waals surface area contributed by atoms with Crippen LogP contribution in [0.1, 0.15) is 11.1 Å². The lowest BCUT2D eigenvalue weighted by Gasteiger charge is -2.09. The van der Waals surface area contributed by atoms with Crippen LogP contribution in [0.3, 0.4) is 0 Å². The highest BCUT2D eigenvalue weighted by atomic mass is 16.2. The molecule has 0 spiro atoms. The summed E-state index contributed by atoms with van der Waals surface area (Å²) in [5.41, 5.74) is 4.76. The molecule has 0 saturated heterocycles. The quantitative estimate of drug-likeness (QED) is 0.429. The number of carbonyl (C=O) groups is 1. The van der Waals surface area contributed by atoms with Crippen molar-refractivity contribution in [2.75, 3.05) is 0 Å². The molecule has 8 nitrogen and oxygen atoms in total. The van der Waals surface area contributed by atoms with E-state index >= 15 is 0 Å². The van der Waals surface area contributed by atoms with Crippen LogP contribution >= 0.6 is 0 Å². The Hall–Kier alpha value is -4.59. The van der Waals surface area contributed by atoms with Crippen molar-refractivity contribution < 1.29 is 4.79 Å². The molecule has 0 radical (unpaired) electrons. The monoisotopic (exact) mass is 450 g/mol. The zero-order chi connectivity index (χ0) is 23.5. The summed E-state index contributed by atoms with van der Waals surface area (Å²) in [4.78, 5) is 34.0. The smallest absolute Gasteiger partial charge is 0.261 e. The van der Waals surface area contributed by atoms with E-state index in [-0.39, 0.29) is 24.6 Å². The molecule has 5 aromatic rings. The molecule has 34 heavy (non-hydrogen) atoms. The number of nitrogens with zero attached hydrogens (tertiary/aromatic N) is 5.